The summed E-state index contributed by atoms with van der Waals surface area (Å²) in [7, 11) is 2.86. The van der Waals surface area contributed by atoms with E-state index in [1.54, 1.807) is 30.3 Å². The number of anilines is 1. The fourth-order valence-electron chi connectivity index (χ4n) is 2.77. The van der Waals surface area contributed by atoms with Gasteiger partial charge in [0.25, 0.3) is 5.91 Å². The molecule has 0 atom stereocenters. The first-order valence-electron chi connectivity index (χ1n) is 9.70. The number of hydrogen-bond donors (Lipinski definition) is 1. The lowest BCUT2D eigenvalue weighted by Gasteiger charge is -2.13. The van der Waals surface area contributed by atoms with Crippen LogP contribution >= 0.6 is 34.5 Å². The van der Waals surface area contributed by atoms with E-state index in [0.29, 0.717) is 25.7 Å². The van der Waals surface area contributed by atoms with Crippen LogP contribution in [0.2, 0.25) is 9.36 Å². The van der Waals surface area contributed by atoms with Crippen LogP contribution in [0.15, 0.2) is 48.5 Å². The molecule has 0 radical (unpaired) electrons. The van der Waals surface area contributed by atoms with Crippen LogP contribution in [0.25, 0.3) is 0 Å². The minimum atomic E-state index is -0.716. The minimum Gasteiger partial charge on any atom is -0.495 e. The molecule has 3 rings (SSSR count). The van der Waals surface area contributed by atoms with E-state index < -0.39 is 18.5 Å². The number of thiophene rings is 1. The number of methoxy groups -OCH3 is 2. The van der Waals surface area contributed by atoms with E-state index >= 15 is 0 Å². The van der Waals surface area contributed by atoms with Crippen molar-refractivity contribution < 1.29 is 33.3 Å². The molecule has 0 aliphatic carbocycles. The van der Waals surface area contributed by atoms with Gasteiger partial charge in [-0.1, -0.05) is 23.2 Å². The predicted molar refractivity (Wildman–Crippen MR) is 129 cm³/mol. The zero-order valence-electron chi connectivity index (χ0n) is 18.1. The van der Waals surface area contributed by atoms with Crippen LogP contribution < -0.4 is 19.5 Å². The summed E-state index contributed by atoms with van der Waals surface area (Å²) < 4.78 is 21.5. The number of ketones is 1. The molecule has 1 amide bonds. The van der Waals surface area contributed by atoms with Gasteiger partial charge < -0.3 is 24.3 Å². The van der Waals surface area contributed by atoms with Crippen molar-refractivity contribution >= 4 is 57.9 Å². The van der Waals surface area contributed by atoms with Crippen LogP contribution in [0.3, 0.4) is 0 Å². The van der Waals surface area contributed by atoms with Gasteiger partial charge in [-0.05, 0) is 48.5 Å². The van der Waals surface area contributed by atoms with Gasteiger partial charge in [-0.3, -0.25) is 9.59 Å². The summed E-state index contributed by atoms with van der Waals surface area (Å²) in [5.74, 6) is -0.654. The number of benzene rings is 2. The Bertz CT molecular complexity index is 1210. The van der Waals surface area contributed by atoms with Gasteiger partial charge in [0.05, 0.1) is 34.7 Å². The fraction of sp³-hybridized carbons (Fsp3) is 0.174. The number of esters is 1. The zero-order valence-corrected chi connectivity index (χ0v) is 20.4. The summed E-state index contributed by atoms with van der Waals surface area (Å²) in [6.07, 6.45) is 0. The summed E-state index contributed by atoms with van der Waals surface area (Å²) in [6.45, 7) is -0.767. The molecule has 0 spiro atoms. The Morgan fingerprint density at radius 2 is 1.62 bits per heavy atom. The lowest BCUT2D eigenvalue weighted by Crippen LogP contribution is -2.20. The van der Waals surface area contributed by atoms with E-state index in [-0.39, 0.29) is 29.5 Å². The van der Waals surface area contributed by atoms with Crippen molar-refractivity contribution in [2.45, 2.75) is 0 Å². The molecule has 0 aliphatic heterocycles. The topological polar surface area (TPSA) is 100 Å². The maximum absolute atomic E-state index is 12.3. The summed E-state index contributed by atoms with van der Waals surface area (Å²) in [5.41, 5.74) is 0.544. The van der Waals surface area contributed by atoms with Crippen molar-refractivity contribution in [1.29, 1.82) is 0 Å². The molecule has 8 nitrogen and oxygen atoms in total. The summed E-state index contributed by atoms with van der Waals surface area (Å²) in [4.78, 5) is 37.1. The number of Topliss-reactive ketones (excluding diaryl/α,β-unsaturated/α-hetero) is 1. The Morgan fingerprint density at radius 3 is 2.29 bits per heavy atom. The largest absolute Gasteiger partial charge is 0.495 e. The molecule has 1 aromatic heterocycles. The summed E-state index contributed by atoms with van der Waals surface area (Å²) >= 11 is 12.9. The van der Waals surface area contributed by atoms with Crippen LogP contribution in [-0.4, -0.2) is 45.1 Å². The van der Waals surface area contributed by atoms with Crippen molar-refractivity contribution in [2.75, 3.05) is 32.8 Å². The molecule has 1 N–H and O–H groups in total. The lowest BCUT2D eigenvalue weighted by atomic mass is 10.2. The van der Waals surface area contributed by atoms with Crippen molar-refractivity contribution in [3.8, 4) is 17.2 Å². The molecule has 34 heavy (non-hydrogen) atoms. The number of hydrogen-bond acceptors (Lipinski definition) is 8. The Morgan fingerprint density at radius 1 is 0.882 bits per heavy atom. The maximum Gasteiger partial charge on any atom is 0.338 e. The monoisotopic (exact) mass is 523 g/mol. The van der Waals surface area contributed by atoms with Gasteiger partial charge in [-0.2, -0.15) is 0 Å². The van der Waals surface area contributed by atoms with Gasteiger partial charge in [-0.15, -0.1) is 11.3 Å². The summed E-state index contributed by atoms with van der Waals surface area (Å²) in [6, 6.07) is 12.3. The van der Waals surface area contributed by atoms with E-state index in [9.17, 15) is 14.4 Å². The molecule has 0 aliphatic rings. The molecule has 1 heterocycles. The average Bonchev–Trinajstić information content (AvgIpc) is 3.27. The number of amides is 1. The van der Waals surface area contributed by atoms with Crippen molar-refractivity contribution in [2.24, 2.45) is 0 Å². The Balaban J connectivity index is 1.59. The highest BCUT2D eigenvalue weighted by Gasteiger charge is 2.17. The quantitative estimate of drug-likeness (QED) is 0.290. The smallest absolute Gasteiger partial charge is 0.338 e. The molecule has 0 unspecified atom stereocenters. The van der Waals surface area contributed by atoms with E-state index in [1.165, 1.54) is 32.4 Å². The van der Waals surface area contributed by atoms with Crippen LogP contribution in [0, 0.1) is 0 Å². The van der Waals surface area contributed by atoms with Crippen LogP contribution in [0.4, 0.5) is 5.69 Å². The molecule has 0 saturated carbocycles. The summed E-state index contributed by atoms with van der Waals surface area (Å²) in [5, 5.41) is 3.09. The first-order chi connectivity index (χ1) is 16.3. The second kappa shape index (κ2) is 11.7. The van der Waals surface area contributed by atoms with Gasteiger partial charge in [0.1, 0.15) is 5.75 Å². The van der Waals surface area contributed by atoms with E-state index in [2.05, 4.69) is 5.32 Å². The van der Waals surface area contributed by atoms with Crippen molar-refractivity contribution in [3.63, 3.8) is 0 Å². The van der Waals surface area contributed by atoms with Crippen molar-refractivity contribution in [3.05, 3.63) is 68.3 Å². The standard InChI is InChI=1S/C23H19Cl2NO7S/c1-30-17-6-4-14(24)10-15(17)26-22(28)12-32-18-5-3-13(9-19(18)31-2)23(29)33-11-16(27)20-7-8-21(25)34-20/h3-10H,11-12H2,1-2H3,(H,26,28). The molecule has 2 aromatic carbocycles. The van der Waals surface area contributed by atoms with Gasteiger partial charge in [0, 0.05) is 5.02 Å². The third kappa shape index (κ3) is 6.63. The molecular weight excluding hydrogens is 505 g/mol. The fourth-order valence-corrected chi connectivity index (χ4v) is 3.91. The Hall–Kier alpha value is -3.27. The first-order valence-corrected chi connectivity index (χ1v) is 11.3. The molecule has 3 aromatic rings. The zero-order chi connectivity index (χ0) is 24.7. The highest BCUT2D eigenvalue weighted by atomic mass is 35.5. The second-order valence-electron chi connectivity index (χ2n) is 6.65. The minimum absolute atomic E-state index is 0.148. The lowest BCUT2D eigenvalue weighted by molar-refractivity contribution is -0.118. The van der Waals surface area contributed by atoms with Crippen molar-refractivity contribution in [1.82, 2.24) is 0 Å². The van der Waals surface area contributed by atoms with Crippen LogP contribution in [-0.2, 0) is 9.53 Å². The molecule has 0 saturated heterocycles. The first kappa shape index (κ1) is 25.4. The van der Waals surface area contributed by atoms with Crippen LogP contribution in [0.5, 0.6) is 17.2 Å². The Kier molecular flexibility index (Phi) is 8.75. The van der Waals surface area contributed by atoms with Gasteiger partial charge in [0.2, 0.25) is 5.78 Å². The predicted octanol–water partition coefficient (Wildman–Crippen LogP) is 5.13. The van der Waals surface area contributed by atoms with Gasteiger partial charge in [-0.25, -0.2) is 4.79 Å². The number of carbonyl (C=O) groups excluding carboxylic acids is 3. The Labute approximate surface area is 209 Å². The average molecular weight is 524 g/mol. The van der Waals surface area contributed by atoms with Crippen LogP contribution in [0.1, 0.15) is 20.0 Å². The molecule has 11 heteroatoms. The number of rotatable bonds is 10. The van der Waals surface area contributed by atoms with E-state index in [4.69, 9.17) is 42.1 Å². The highest BCUT2D eigenvalue weighted by molar-refractivity contribution is 7.18. The van der Waals surface area contributed by atoms with Gasteiger partial charge in [0.15, 0.2) is 24.7 Å². The van der Waals surface area contributed by atoms with E-state index in [0.717, 1.165) is 11.3 Å². The number of ether oxygens (including phenoxy) is 4. The van der Waals surface area contributed by atoms with Gasteiger partial charge >= 0.3 is 5.97 Å². The number of nitrogens with one attached hydrogen (secondary N) is 1. The third-order valence-electron chi connectivity index (χ3n) is 4.38. The maximum atomic E-state index is 12.3. The molecule has 0 fully saturated rings. The highest BCUT2D eigenvalue weighted by Crippen LogP contribution is 2.30. The number of carbonyl (C=O) groups is 3. The number of halogens is 2. The molecule has 0 bridgehead atoms. The molecular formula is C23H19Cl2NO7S. The molecule has 178 valence electrons. The SMILES string of the molecule is COc1ccc(Cl)cc1NC(=O)COc1ccc(C(=O)OCC(=O)c2ccc(Cl)s2)cc1OC. The van der Waals surface area contributed by atoms with E-state index in [1.807, 2.05) is 0 Å². The second-order valence-corrected chi connectivity index (χ2v) is 8.80. The third-order valence-corrected chi connectivity index (χ3v) is 5.88. The normalized spacial score (nSPS) is 10.4.